The summed E-state index contributed by atoms with van der Waals surface area (Å²) in [6, 6.07) is 14.6. The van der Waals surface area contributed by atoms with Crippen LogP contribution in [0.1, 0.15) is 32.6 Å². The lowest BCUT2D eigenvalue weighted by Gasteiger charge is -2.14. The van der Waals surface area contributed by atoms with Gasteiger partial charge in [-0.25, -0.2) is 4.79 Å². The number of esters is 1. The quantitative estimate of drug-likeness (QED) is 0.123. The van der Waals surface area contributed by atoms with Crippen LogP contribution in [0.4, 0.5) is 26.3 Å². The van der Waals surface area contributed by atoms with Gasteiger partial charge in [0.05, 0.1) is 28.3 Å². The molecule has 0 saturated carbocycles. The standard InChI is InChI=1S/C24H12ClF6NO2/c25-20-5-3-15(4-6-20)17(13-32)9-14-1-7-21(8-2-14)34-22(33)16-10-18(23(26,27)28)12-19(11-16)24(29,30)31/h1-12H/b17-9-. The predicted octanol–water partition coefficient (Wildman–Crippen LogP) is 7.66. The molecule has 0 aliphatic heterocycles. The van der Waals surface area contributed by atoms with Gasteiger partial charge < -0.3 is 4.74 Å². The smallest absolute Gasteiger partial charge is 0.416 e. The summed E-state index contributed by atoms with van der Waals surface area (Å²) >= 11 is 5.83. The molecule has 0 heterocycles. The van der Waals surface area contributed by atoms with Gasteiger partial charge >= 0.3 is 18.3 Å². The number of allylic oxidation sites excluding steroid dienone is 1. The summed E-state index contributed by atoms with van der Waals surface area (Å²) in [6.45, 7) is 0. The Bertz CT molecular complexity index is 1240. The van der Waals surface area contributed by atoms with E-state index in [0.717, 1.165) is 0 Å². The summed E-state index contributed by atoms with van der Waals surface area (Å²) < 4.78 is 82.9. The number of rotatable bonds is 4. The van der Waals surface area contributed by atoms with E-state index in [1.54, 1.807) is 24.3 Å². The monoisotopic (exact) mass is 495 g/mol. The summed E-state index contributed by atoms with van der Waals surface area (Å²) in [5.41, 5.74) is -2.70. The molecule has 174 valence electrons. The van der Waals surface area contributed by atoms with Crippen molar-refractivity contribution in [3.63, 3.8) is 0 Å². The van der Waals surface area contributed by atoms with Gasteiger partial charge in [-0.05, 0) is 59.7 Å². The lowest BCUT2D eigenvalue weighted by Crippen LogP contribution is -2.15. The van der Waals surface area contributed by atoms with Crippen molar-refractivity contribution < 1.29 is 35.9 Å². The van der Waals surface area contributed by atoms with Crippen molar-refractivity contribution in [3.05, 3.63) is 99.6 Å². The van der Waals surface area contributed by atoms with Crippen LogP contribution in [0.25, 0.3) is 11.6 Å². The maximum absolute atomic E-state index is 13.0. The molecule has 0 saturated heterocycles. The molecule has 0 unspecified atom stereocenters. The van der Waals surface area contributed by atoms with E-state index in [4.69, 9.17) is 16.3 Å². The number of nitriles is 1. The number of alkyl halides is 6. The van der Waals surface area contributed by atoms with E-state index < -0.39 is 35.0 Å². The van der Waals surface area contributed by atoms with Crippen LogP contribution >= 0.6 is 11.6 Å². The Morgan fingerprint density at radius 2 is 1.35 bits per heavy atom. The second kappa shape index (κ2) is 9.61. The summed E-state index contributed by atoms with van der Waals surface area (Å²) in [4.78, 5) is 12.3. The molecule has 0 aliphatic rings. The van der Waals surface area contributed by atoms with E-state index in [1.165, 1.54) is 30.3 Å². The van der Waals surface area contributed by atoms with Crippen LogP contribution in [0, 0.1) is 11.3 Å². The molecule has 0 aliphatic carbocycles. The Hall–Kier alpha value is -3.77. The molecule has 3 rings (SSSR count). The van der Waals surface area contributed by atoms with Crippen molar-refractivity contribution in [3.8, 4) is 11.8 Å². The predicted molar refractivity (Wildman–Crippen MR) is 113 cm³/mol. The number of hydrogen-bond acceptors (Lipinski definition) is 3. The van der Waals surface area contributed by atoms with Crippen molar-refractivity contribution in [2.75, 3.05) is 0 Å². The molecule has 34 heavy (non-hydrogen) atoms. The highest BCUT2D eigenvalue weighted by atomic mass is 35.5. The third-order valence-electron chi connectivity index (χ3n) is 4.50. The summed E-state index contributed by atoms with van der Waals surface area (Å²) in [5, 5.41) is 9.88. The van der Waals surface area contributed by atoms with Gasteiger partial charge in [-0.2, -0.15) is 31.6 Å². The second-order valence-corrected chi connectivity index (χ2v) is 7.37. The van der Waals surface area contributed by atoms with Crippen LogP contribution < -0.4 is 4.74 Å². The van der Waals surface area contributed by atoms with Gasteiger partial charge in [0.15, 0.2) is 0 Å². The maximum atomic E-state index is 13.0. The van der Waals surface area contributed by atoms with E-state index in [2.05, 4.69) is 0 Å². The third-order valence-corrected chi connectivity index (χ3v) is 4.75. The zero-order chi connectivity index (χ0) is 25.1. The highest BCUT2D eigenvalue weighted by Crippen LogP contribution is 2.36. The minimum atomic E-state index is -5.09. The highest BCUT2D eigenvalue weighted by molar-refractivity contribution is 6.30. The number of carbonyl (C=O) groups excluding carboxylic acids is 1. The van der Waals surface area contributed by atoms with E-state index in [1.807, 2.05) is 6.07 Å². The van der Waals surface area contributed by atoms with E-state index in [9.17, 15) is 36.4 Å². The van der Waals surface area contributed by atoms with E-state index in [0.29, 0.717) is 33.9 Å². The molecule has 0 bridgehead atoms. The number of hydrogen-bond donors (Lipinski definition) is 0. The zero-order valence-electron chi connectivity index (χ0n) is 16.8. The minimum absolute atomic E-state index is 0.0780. The van der Waals surface area contributed by atoms with Gasteiger partial charge in [0, 0.05) is 5.02 Å². The molecule has 0 N–H and O–H groups in total. The van der Waals surface area contributed by atoms with Crippen molar-refractivity contribution in [2.24, 2.45) is 0 Å². The number of benzene rings is 3. The lowest BCUT2D eigenvalue weighted by atomic mass is 10.0. The lowest BCUT2D eigenvalue weighted by molar-refractivity contribution is -0.143. The zero-order valence-corrected chi connectivity index (χ0v) is 17.6. The topological polar surface area (TPSA) is 50.1 Å². The van der Waals surface area contributed by atoms with Crippen LogP contribution in [-0.4, -0.2) is 5.97 Å². The average Bonchev–Trinajstić information content (AvgIpc) is 2.77. The van der Waals surface area contributed by atoms with Crippen molar-refractivity contribution in [2.45, 2.75) is 12.4 Å². The number of halogens is 7. The normalized spacial score (nSPS) is 12.2. The van der Waals surface area contributed by atoms with Crippen LogP contribution in [0.15, 0.2) is 66.7 Å². The number of carbonyl (C=O) groups is 1. The van der Waals surface area contributed by atoms with E-state index >= 15 is 0 Å². The molecule has 0 radical (unpaired) electrons. The molecule has 0 amide bonds. The molecule has 0 atom stereocenters. The molecule has 10 heteroatoms. The Kier molecular flexibility index (Phi) is 7.03. The van der Waals surface area contributed by atoms with Crippen LogP contribution in [0.3, 0.4) is 0 Å². The van der Waals surface area contributed by atoms with Gasteiger partial charge in [-0.15, -0.1) is 0 Å². The number of ether oxygens (including phenoxy) is 1. The average molecular weight is 496 g/mol. The first-order valence-corrected chi connectivity index (χ1v) is 9.74. The van der Waals surface area contributed by atoms with Crippen LogP contribution in [0.2, 0.25) is 5.02 Å². The third kappa shape index (κ3) is 6.17. The first-order chi connectivity index (χ1) is 15.9. The van der Waals surface area contributed by atoms with Crippen molar-refractivity contribution in [1.82, 2.24) is 0 Å². The van der Waals surface area contributed by atoms with Gasteiger partial charge in [-0.1, -0.05) is 35.9 Å². The van der Waals surface area contributed by atoms with Crippen molar-refractivity contribution >= 4 is 29.2 Å². The first kappa shape index (κ1) is 24.9. The fourth-order valence-corrected chi connectivity index (χ4v) is 2.97. The SMILES string of the molecule is N#C/C(=C/c1ccc(OC(=O)c2cc(C(F)(F)F)cc(C(F)(F)F)c2)cc1)c1ccc(Cl)cc1. The molecule has 0 fully saturated rings. The summed E-state index contributed by atoms with van der Waals surface area (Å²) in [7, 11) is 0. The molecule has 3 aromatic rings. The Morgan fingerprint density at radius 1 is 0.824 bits per heavy atom. The highest BCUT2D eigenvalue weighted by Gasteiger charge is 2.37. The minimum Gasteiger partial charge on any atom is -0.423 e. The summed E-state index contributed by atoms with van der Waals surface area (Å²) in [5.74, 6) is -1.50. The second-order valence-electron chi connectivity index (χ2n) is 6.93. The van der Waals surface area contributed by atoms with E-state index in [-0.39, 0.29) is 11.8 Å². The largest absolute Gasteiger partial charge is 0.423 e. The Labute approximate surface area is 194 Å². The van der Waals surface area contributed by atoms with Gasteiger partial charge in [0.2, 0.25) is 0 Å². The first-order valence-electron chi connectivity index (χ1n) is 9.36. The molecule has 0 spiro atoms. The van der Waals surface area contributed by atoms with Gasteiger partial charge in [-0.3, -0.25) is 0 Å². The molecule has 3 aromatic carbocycles. The molecule has 3 nitrogen and oxygen atoms in total. The molecular formula is C24H12ClF6NO2. The van der Waals surface area contributed by atoms with Gasteiger partial charge in [0.1, 0.15) is 5.75 Å². The van der Waals surface area contributed by atoms with Crippen LogP contribution in [0.5, 0.6) is 5.75 Å². The fourth-order valence-electron chi connectivity index (χ4n) is 2.85. The summed E-state index contributed by atoms with van der Waals surface area (Å²) in [6.07, 6.45) is -8.64. The fraction of sp³-hybridized carbons (Fsp3) is 0.0833. The van der Waals surface area contributed by atoms with Crippen molar-refractivity contribution in [1.29, 1.82) is 5.26 Å². The number of nitrogens with zero attached hydrogens (tertiary/aromatic N) is 1. The molecular weight excluding hydrogens is 484 g/mol. The maximum Gasteiger partial charge on any atom is 0.416 e. The van der Waals surface area contributed by atoms with Crippen LogP contribution in [-0.2, 0) is 12.4 Å². The molecule has 0 aromatic heterocycles. The Morgan fingerprint density at radius 3 is 1.82 bits per heavy atom. The Balaban J connectivity index is 1.84. The van der Waals surface area contributed by atoms with Gasteiger partial charge in [0.25, 0.3) is 0 Å².